The number of non-ortho nitro benzene ring substituents is 1. The van der Waals surface area contributed by atoms with Crippen LogP contribution in [0.3, 0.4) is 0 Å². The first-order valence-electron chi connectivity index (χ1n) is 6.44. The lowest BCUT2D eigenvalue weighted by Crippen LogP contribution is -1.92. The van der Waals surface area contributed by atoms with E-state index in [2.05, 4.69) is 17.1 Å². The van der Waals surface area contributed by atoms with E-state index in [1.807, 2.05) is 24.3 Å². The number of pyridine rings is 1. The van der Waals surface area contributed by atoms with Gasteiger partial charge in [-0.2, -0.15) is 0 Å². The van der Waals surface area contributed by atoms with Crippen molar-refractivity contribution >= 4 is 28.4 Å². The van der Waals surface area contributed by atoms with Gasteiger partial charge in [0.15, 0.2) is 0 Å². The van der Waals surface area contributed by atoms with Crippen LogP contribution in [0.2, 0.25) is 0 Å². The van der Waals surface area contributed by atoms with Crippen molar-refractivity contribution in [3.8, 4) is 0 Å². The van der Waals surface area contributed by atoms with Crippen molar-refractivity contribution in [3.05, 3.63) is 76.5 Å². The van der Waals surface area contributed by atoms with Gasteiger partial charge in [0.2, 0.25) is 0 Å². The van der Waals surface area contributed by atoms with E-state index >= 15 is 0 Å². The Morgan fingerprint density at radius 3 is 2.62 bits per heavy atom. The lowest BCUT2D eigenvalue weighted by atomic mass is 10.2. The molecule has 1 heterocycles. The SMILES string of the molecule is O=[N+]([O-])c1ccc(SCc2ccccc2)c2cccnc12. The van der Waals surface area contributed by atoms with E-state index < -0.39 is 0 Å². The molecular formula is C16H12N2O2S. The maximum absolute atomic E-state index is 11.1. The van der Waals surface area contributed by atoms with E-state index in [4.69, 9.17) is 0 Å². The molecule has 0 aliphatic carbocycles. The fourth-order valence-corrected chi connectivity index (χ4v) is 3.14. The van der Waals surface area contributed by atoms with Crippen LogP contribution in [0.5, 0.6) is 0 Å². The van der Waals surface area contributed by atoms with E-state index in [1.54, 1.807) is 30.1 Å². The minimum Gasteiger partial charge on any atom is -0.258 e. The minimum absolute atomic E-state index is 0.0506. The van der Waals surface area contributed by atoms with Gasteiger partial charge in [-0.05, 0) is 23.8 Å². The molecule has 0 amide bonds. The average molecular weight is 296 g/mol. The fourth-order valence-electron chi connectivity index (χ4n) is 2.14. The molecule has 0 aliphatic heterocycles. The Kier molecular flexibility index (Phi) is 3.83. The van der Waals surface area contributed by atoms with Crippen molar-refractivity contribution in [2.45, 2.75) is 10.6 Å². The number of thioether (sulfide) groups is 1. The highest BCUT2D eigenvalue weighted by Gasteiger charge is 2.15. The van der Waals surface area contributed by atoms with Gasteiger partial charge in [-0.3, -0.25) is 10.1 Å². The van der Waals surface area contributed by atoms with Crippen LogP contribution in [0, 0.1) is 10.1 Å². The highest BCUT2D eigenvalue weighted by atomic mass is 32.2. The largest absolute Gasteiger partial charge is 0.295 e. The number of nitro benzene ring substituents is 1. The number of aromatic nitrogens is 1. The summed E-state index contributed by atoms with van der Waals surface area (Å²) in [6, 6.07) is 17.1. The molecule has 5 heteroatoms. The molecule has 104 valence electrons. The smallest absolute Gasteiger partial charge is 0.258 e. The first-order valence-corrected chi connectivity index (χ1v) is 7.43. The Balaban J connectivity index is 1.96. The molecule has 0 atom stereocenters. The summed E-state index contributed by atoms with van der Waals surface area (Å²) < 4.78 is 0. The zero-order valence-electron chi connectivity index (χ0n) is 11.1. The molecule has 3 aromatic rings. The first kappa shape index (κ1) is 13.6. The highest BCUT2D eigenvalue weighted by Crippen LogP contribution is 2.33. The lowest BCUT2D eigenvalue weighted by Gasteiger charge is -2.06. The van der Waals surface area contributed by atoms with Gasteiger partial charge in [0.25, 0.3) is 5.69 Å². The van der Waals surface area contributed by atoms with E-state index in [0.29, 0.717) is 5.52 Å². The minimum atomic E-state index is -0.388. The van der Waals surface area contributed by atoms with Crippen LogP contribution in [0.4, 0.5) is 5.69 Å². The normalized spacial score (nSPS) is 10.7. The van der Waals surface area contributed by atoms with Gasteiger partial charge in [-0.1, -0.05) is 30.3 Å². The van der Waals surface area contributed by atoms with Crippen LogP contribution in [-0.4, -0.2) is 9.91 Å². The Labute approximate surface area is 126 Å². The van der Waals surface area contributed by atoms with E-state index in [1.165, 1.54) is 11.6 Å². The molecule has 0 bridgehead atoms. The monoisotopic (exact) mass is 296 g/mol. The quantitative estimate of drug-likeness (QED) is 0.406. The number of nitrogens with zero attached hydrogens (tertiary/aromatic N) is 2. The van der Waals surface area contributed by atoms with Crippen molar-refractivity contribution in [1.29, 1.82) is 0 Å². The van der Waals surface area contributed by atoms with Crippen molar-refractivity contribution in [1.82, 2.24) is 4.98 Å². The summed E-state index contributed by atoms with van der Waals surface area (Å²) in [5, 5.41) is 11.9. The molecule has 0 saturated carbocycles. The van der Waals surface area contributed by atoms with Crippen molar-refractivity contribution in [2.75, 3.05) is 0 Å². The molecule has 21 heavy (non-hydrogen) atoms. The second kappa shape index (κ2) is 5.93. The van der Waals surface area contributed by atoms with E-state index in [-0.39, 0.29) is 10.6 Å². The number of nitro groups is 1. The van der Waals surface area contributed by atoms with Gasteiger partial charge in [-0.25, -0.2) is 4.98 Å². The predicted molar refractivity (Wildman–Crippen MR) is 84.4 cm³/mol. The van der Waals surface area contributed by atoms with E-state index in [9.17, 15) is 10.1 Å². The molecule has 3 rings (SSSR count). The number of hydrogen-bond donors (Lipinski definition) is 0. The molecule has 0 spiro atoms. The molecule has 1 aromatic heterocycles. The summed E-state index contributed by atoms with van der Waals surface area (Å²) in [7, 11) is 0. The first-order chi connectivity index (χ1) is 10.3. The van der Waals surface area contributed by atoms with Crippen LogP contribution in [0.25, 0.3) is 10.9 Å². The van der Waals surface area contributed by atoms with Crippen LogP contribution in [0.15, 0.2) is 65.7 Å². The average Bonchev–Trinajstić information content (AvgIpc) is 2.53. The molecule has 4 nitrogen and oxygen atoms in total. The Morgan fingerprint density at radius 1 is 1.05 bits per heavy atom. The zero-order valence-corrected chi connectivity index (χ0v) is 11.9. The van der Waals surface area contributed by atoms with Crippen molar-refractivity contribution in [2.24, 2.45) is 0 Å². The van der Waals surface area contributed by atoms with Gasteiger partial charge >= 0.3 is 0 Å². The zero-order chi connectivity index (χ0) is 14.7. The third kappa shape index (κ3) is 2.87. The summed E-state index contributed by atoms with van der Waals surface area (Å²) in [5.41, 5.74) is 1.72. The van der Waals surface area contributed by atoms with Crippen molar-refractivity contribution in [3.63, 3.8) is 0 Å². The topological polar surface area (TPSA) is 56.0 Å². The third-order valence-electron chi connectivity index (χ3n) is 3.14. The summed E-state index contributed by atoms with van der Waals surface area (Å²) in [5.74, 6) is 0.822. The number of hydrogen-bond acceptors (Lipinski definition) is 4. The number of fused-ring (bicyclic) bond motifs is 1. The van der Waals surface area contributed by atoms with Crippen LogP contribution >= 0.6 is 11.8 Å². The summed E-state index contributed by atoms with van der Waals surface area (Å²) >= 11 is 1.66. The van der Waals surface area contributed by atoms with Gasteiger partial charge < -0.3 is 0 Å². The highest BCUT2D eigenvalue weighted by molar-refractivity contribution is 7.98. The summed E-state index contributed by atoms with van der Waals surface area (Å²) in [4.78, 5) is 15.8. The molecular weight excluding hydrogens is 284 g/mol. The van der Waals surface area contributed by atoms with Crippen LogP contribution in [0.1, 0.15) is 5.56 Å². The second-order valence-corrected chi connectivity index (χ2v) is 5.53. The van der Waals surface area contributed by atoms with Gasteiger partial charge in [0.1, 0.15) is 5.52 Å². The maximum Gasteiger partial charge on any atom is 0.295 e. The predicted octanol–water partition coefficient (Wildman–Crippen LogP) is 4.44. The standard InChI is InChI=1S/C16H12N2O2S/c19-18(20)14-8-9-15(13-7-4-10-17-16(13)14)21-11-12-5-2-1-3-6-12/h1-10H,11H2. The van der Waals surface area contributed by atoms with Gasteiger partial charge in [0.05, 0.1) is 4.92 Å². The molecule has 0 unspecified atom stereocenters. The lowest BCUT2D eigenvalue weighted by molar-refractivity contribution is -0.383. The fraction of sp³-hybridized carbons (Fsp3) is 0.0625. The van der Waals surface area contributed by atoms with Crippen LogP contribution in [-0.2, 0) is 5.75 Å². The van der Waals surface area contributed by atoms with Gasteiger partial charge in [-0.15, -0.1) is 11.8 Å². The molecule has 0 radical (unpaired) electrons. The Morgan fingerprint density at radius 2 is 1.86 bits per heavy atom. The molecule has 0 N–H and O–H groups in total. The summed E-state index contributed by atoms with van der Waals surface area (Å²) in [6.07, 6.45) is 1.58. The van der Waals surface area contributed by atoms with E-state index in [0.717, 1.165) is 16.0 Å². The molecule has 0 aliphatic rings. The molecule has 0 saturated heterocycles. The maximum atomic E-state index is 11.1. The second-order valence-electron chi connectivity index (χ2n) is 4.51. The van der Waals surface area contributed by atoms with Crippen LogP contribution < -0.4 is 0 Å². The Bertz CT molecular complexity index is 791. The third-order valence-corrected chi connectivity index (χ3v) is 4.29. The van der Waals surface area contributed by atoms with Gasteiger partial charge in [0, 0.05) is 28.3 Å². The molecule has 2 aromatic carbocycles. The number of benzene rings is 2. The molecule has 0 fully saturated rings. The summed E-state index contributed by atoms with van der Waals surface area (Å²) in [6.45, 7) is 0. The van der Waals surface area contributed by atoms with Crippen molar-refractivity contribution < 1.29 is 4.92 Å². The Hall–Kier alpha value is -2.40. The number of rotatable bonds is 4.